The molecule has 2 aromatic carbocycles. The van der Waals surface area contributed by atoms with Gasteiger partial charge in [0.05, 0.1) is 0 Å². The molecule has 3 nitrogen and oxygen atoms in total. The molecule has 0 aliphatic carbocycles. The zero-order valence-corrected chi connectivity index (χ0v) is 25.9. The van der Waals surface area contributed by atoms with Gasteiger partial charge in [0.1, 0.15) is 0 Å². The van der Waals surface area contributed by atoms with Crippen LogP contribution in [0.1, 0.15) is 130 Å². The molecule has 0 aliphatic heterocycles. The predicted octanol–water partition coefficient (Wildman–Crippen LogP) is 10.5. The van der Waals surface area contributed by atoms with Gasteiger partial charge in [0, 0.05) is 0 Å². The van der Waals surface area contributed by atoms with E-state index in [9.17, 15) is 4.89 Å². The van der Waals surface area contributed by atoms with Crippen molar-refractivity contribution >= 4 is 7.94 Å². The van der Waals surface area contributed by atoms with E-state index in [-0.39, 0.29) is 10.8 Å². The molecule has 210 valence electrons. The SMILES string of the molecule is CCCCCCCCCCCCC[PH](O)(Oc1ccccc1)Oc1ccc(C(C)(C)C)cc1C(C)(C)C. The summed E-state index contributed by atoms with van der Waals surface area (Å²) in [5, 5.41) is 0. The Morgan fingerprint density at radius 2 is 1.19 bits per heavy atom. The second-order valence-corrected chi connectivity index (χ2v) is 15.1. The summed E-state index contributed by atoms with van der Waals surface area (Å²) < 4.78 is 12.7. The first-order chi connectivity index (χ1) is 17.4. The Labute approximate surface area is 229 Å². The molecule has 0 radical (unpaired) electrons. The zero-order chi connectivity index (χ0) is 27.4. The number of hydrogen-bond acceptors (Lipinski definition) is 3. The molecule has 0 bridgehead atoms. The van der Waals surface area contributed by atoms with Crippen LogP contribution in [0.5, 0.6) is 11.5 Å². The Kier molecular flexibility index (Phi) is 12.9. The van der Waals surface area contributed by atoms with Gasteiger partial charge in [0.2, 0.25) is 0 Å². The summed E-state index contributed by atoms with van der Waals surface area (Å²) in [6.07, 6.45) is 14.5. The molecule has 2 aromatic rings. The van der Waals surface area contributed by atoms with E-state index in [2.05, 4.69) is 60.6 Å². The van der Waals surface area contributed by atoms with Crippen LogP contribution in [0, 0.1) is 0 Å². The predicted molar refractivity (Wildman–Crippen MR) is 163 cm³/mol. The van der Waals surface area contributed by atoms with Crippen LogP contribution in [0.2, 0.25) is 0 Å². The van der Waals surface area contributed by atoms with E-state index < -0.39 is 7.94 Å². The van der Waals surface area contributed by atoms with E-state index in [4.69, 9.17) is 9.05 Å². The summed E-state index contributed by atoms with van der Waals surface area (Å²) in [4.78, 5) is 11.8. The van der Waals surface area contributed by atoms with Crippen LogP contribution in [0.15, 0.2) is 48.5 Å². The minimum absolute atomic E-state index is 0.0440. The maximum absolute atomic E-state index is 11.8. The molecule has 0 fully saturated rings. The molecule has 1 N–H and O–H groups in total. The monoisotopic (exact) mass is 530 g/mol. The average Bonchev–Trinajstić information content (AvgIpc) is 2.82. The van der Waals surface area contributed by atoms with Gasteiger partial charge in [0.25, 0.3) is 0 Å². The Balaban J connectivity index is 2.04. The summed E-state index contributed by atoms with van der Waals surface area (Å²) >= 11 is 0. The van der Waals surface area contributed by atoms with E-state index in [1.807, 2.05) is 36.4 Å². The second-order valence-electron chi connectivity index (χ2n) is 12.7. The third kappa shape index (κ3) is 11.8. The van der Waals surface area contributed by atoms with Gasteiger partial charge >= 0.3 is 222 Å². The summed E-state index contributed by atoms with van der Waals surface area (Å²) in [6, 6.07) is 16.0. The first-order valence-corrected chi connectivity index (χ1v) is 16.7. The fraction of sp³-hybridized carbons (Fsp3) is 0.636. The van der Waals surface area contributed by atoms with Gasteiger partial charge in [-0.2, -0.15) is 0 Å². The summed E-state index contributed by atoms with van der Waals surface area (Å²) in [5.41, 5.74) is 2.31. The summed E-state index contributed by atoms with van der Waals surface area (Å²) in [7, 11) is -3.50. The summed E-state index contributed by atoms with van der Waals surface area (Å²) in [6.45, 7) is 15.5. The Morgan fingerprint density at radius 3 is 1.70 bits per heavy atom. The van der Waals surface area contributed by atoms with Crippen molar-refractivity contribution in [2.75, 3.05) is 6.16 Å². The van der Waals surface area contributed by atoms with Crippen LogP contribution in [-0.4, -0.2) is 11.1 Å². The van der Waals surface area contributed by atoms with E-state index in [0.29, 0.717) is 11.9 Å². The van der Waals surface area contributed by atoms with Crippen molar-refractivity contribution in [3.63, 3.8) is 0 Å². The molecule has 0 aromatic heterocycles. The average molecular weight is 531 g/mol. The van der Waals surface area contributed by atoms with Crippen LogP contribution >= 0.6 is 7.94 Å². The second kappa shape index (κ2) is 15.1. The van der Waals surface area contributed by atoms with Crippen LogP contribution in [0.25, 0.3) is 0 Å². The molecule has 0 amide bonds. The normalized spacial score (nSPS) is 13.0. The van der Waals surface area contributed by atoms with Crippen LogP contribution < -0.4 is 9.05 Å². The molecule has 37 heavy (non-hydrogen) atoms. The summed E-state index contributed by atoms with van der Waals surface area (Å²) in [5.74, 6) is 1.41. The number of rotatable bonds is 16. The molecule has 0 aliphatic rings. The molecular formula is C33H55O3P. The van der Waals surface area contributed by atoms with Crippen LogP contribution in [0.3, 0.4) is 0 Å². The van der Waals surface area contributed by atoms with E-state index >= 15 is 0 Å². The molecule has 0 saturated carbocycles. The first kappa shape index (κ1) is 31.6. The van der Waals surface area contributed by atoms with Crippen molar-refractivity contribution in [1.29, 1.82) is 0 Å². The minimum atomic E-state index is -3.50. The third-order valence-corrected chi connectivity index (χ3v) is 9.12. The van der Waals surface area contributed by atoms with Gasteiger partial charge < -0.3 is 0 Å². The number of benzene rings is 2. The van der Waals surface area contributed by atoms with Crippen molar-refractivity contribution in [3.05, 3.63) is 59.7 Å². The van der Waals surface area contributed by atoms with E-state index in [1.54, 1.807) is 0 Å². The van der Waals surface area contributed by atoms with Gasteiger partial charge in [-0.25, -0.2) is 0 Å². The number of para-hydroxylation sites is 1. The van der Waals surface area contributed by atoms with Crippen LogP contribution in [-0.2, 0) is 10.8 Å². The fourth-order valence-corrected chi connectivity index (χ4v) is 6.62. The molecule has 0 atom stereocenters. The molecular weight excluding hydrogens is 475 g/mol. The Morgan fingerprint density at radius 1 is 0.649 bits per heavy atom. The van der Waals surface area contributed by atoms with E-state index in [0.717, 1.165) is 24.2 Å². The van der Waals surface area contributed by atoms with Gasteiger partial charge in [-0.1, -0.05) is 6.92 Å². The van der Waals surface area contributed by atoms with Gasteiger partial charge in [-0.3, -0.25) is 0 Å². The molecule has 0 saturated heterocycles. The van der Waals surface area contributed by atoms with Crippen molar-refractivity contribution in [2.45, 2.75) is 130 Å². The standard InChI is InChI=1S/C33H55O3P/c1-8-9-10-11-12-13-14-15-16-17-21-26-37(34,35-29-22-19-18-20-23-29)36-31-25-24-28(32(2,3)4)27-30(31)33(5,6)7/h18-20,22-25,27,34,37H,8-17,21,26H2,1-7H3. The topological polar surface area (TPSA) is 38.7 Å². The zero-order valence-electron chi connectivity index (χ0n) is 24.9. The Bertz CT molecular complexity index is 898. The molecule has 2 rings (SSSR count). The number of hydrogen-bond donors (Lipinski definition) is 1. The third-order valence-electron chi connectivity index (χ3n) is 7.04. The van der Waals surface area contributed by atoms with Crippen molar-refractivity contribution in [3.8, 4) is 11.5 Å². The van der Waals surface area contributed by atoms with Crippen LogP contribution in [0.4, 0.5) is 0 Å². The molecule has 0 heterocycles. The molecule has 0 spiro atoms. The fourth-order valence-electron chi connectivity index (χ4n) is 4.65. The van der Waals surface area contributed by atoms with Gasteiger partial charge in [0.15, 0.2) is 0 Å². The number of unbranched alkanes of at least 4 members (excludes halogenated alkanes) is 10. The van der Waals surface area contributed by atoms with Crippen molar-refractivity contribution in [2.24, 2.45) is 0 Å². The van der Waals surface area contributed by atoms with Gasteiger partial charge in [-0.15, -0.1) is 0 Å². The maximum atomic E-state index is 11.8. The van der Waals surface area contributed by atoms with Crippen molar-refractivity contribution < 1.29 is 13.9 Å². The molecule has 4 heteroatoms. The van der Waals surface area contributed by atoms with Gasteiger partial charge in [-0.05, 0) is 0 Å². The first-order valence-electron chi connectivity index (χ1n) is 14.7. The Hall–Kier alpha value is -1.57. The van der Waals surface area contributed by atoms with Crippen molar-refractivity contribution in [1.82, 2.24) is 0 Å². The van der Waals surface area contributed by atoms with E-state index in [1.165, 1.54) is 63.4 Å². The molecule has 0 unspecified atom stereocenters. The quantitative estimate of drug-likeness (QED) is 0.173.